The molecule has 0 radical (unpaired) electrons. The predicted molar refractivity (Wildman–Crippen MR) is 147 cm³/mol. The summed E-state index contributed by atoms with van der Waals surface area (Å²) in [5, 5.41) is 0.667. The van der Waals surface area contributed by atoms with Gasteiger partial charge < -0.3 is 18.5 Å². The number of carbonyl (C=O) groups excluding carboxylic acids is 1. The number of alkyl halides is 1. The fraction of sp³-hybridized carbons (Fsp3) is 0.625. The van der Waals surface area contributed by atoms with Gasteiger partial charge in [0.2, 0.25) is 0 Å². The van der Waals surface area contributed by atoms with Crippen LogP contribution in [0.4, 0.5) is 4.79 Å². The van der Waals surface area contributed by atoms with Crippen molar-refractivity contribution in [2.75, 3.05) is 32.0 Å². The van der Waals surface area contributed by atoms with E-state index in [4.69, 9.17) is 30.1 Å². The van der Waals surface area contributed by atoms with E-state index >= 15 is 0 Å². The van der Waals surface area contributed by atoms with Crippen LogP contribution >= 0.6 is 30.5 Å². The number of fused-ring (bicyclic) bond motifs is 1. The van der Waals surface area contributed by atoms with Gasteiger partial charge in [0.15, 0.2) is 0 Å². The van der Waals surface area contributed by atoms with Crippen LogP contribution in [-0.2, 0) is 28.4 Å². The minimum absolute atomic E-state index is 0.0118. The molecule has 0 atom stereocenters. The Labute approximate surface area is 228 Å². The molecule has 1 aromatic carbocycles. The zero-order valence-corrected chi connectivity index (χ0v) is 25.3. The lowest BCUT2D eigenvalue weighted by atomic mass is 10.2. The molecule has 0 spiro atoms. The first-order chi connectivity index (χ1) is 17.3. The van der Waals surface area contributed by atoms with E-state index in [1.807, 2.05) is 0 Å². The summed E-state index contributed by atoms with van der Waals surface area (Å²) < 4.78 is 63.2. The van der Waals surface area contributed by atoms with E-state index < -0.39 is 35.6 Å². The van der Waals surface area contributed by atoms with Gasteiger partial charge in [0.1, 0.15) is 21.8 Å². The van der Waals surface area contributed by atoms with E-state index in [0.29, 0.717) is 32.6 Å². The summed E-state index contributed by atoms with van der Waals surface area (Å²) in [6, 6.07) is 6.76. The second-order valence-electron chi connectivity index (χ2n) is 9.14. The highest BCUT2D eigenvalue weighted by Crippen LogP contribution is 2.50. The Hall–Kier alpha value is -1.36. The summed E-state index contributed by atoms with van der Waals surface area (Å²) in [7, 11) is -8.41. The van der Waals surface area contributed by atoms with Gasteiger partial charge in [-0.2, -0.15) is 12.7 Å². The average molecular weight is 598 g/mol. The summed E-state index contributed by atoms with van der Waals surface area (Å²) in [6.07, 6.45) is 1.96. The van der Waals surface area contributed by atoms with Crippen LogP contribution in [0.1, 0.15) is 60.3 Å². The Morgan fingerprint density at radius 1 is 1.05 bits per heavy atom. The number of carbonyl (C=O) groups is 1. The summed E-state index contributed by atoms with van der Waals surface area (Å²) in [5.41, 5.74) is -0.984. The van der Waals surface area contributed by atoms with E-state index in [0.717, 1.165) is 37.0 Å². The number of benzene rings is 1. The van der Waals surface area contributed by atoms with E-state index in [2.05, 4.69) is 0 Å². The number of halogens is 1. The molecule has 37 heavy (non-hydrogen) atoms. The maximum atomic E-state index is 13.7. The number of hydrogen-bond acceptors (Lipinski definition) is 9. The third kappa shape index (κ3) is 9.71. The highest BCUT2D eigenvalue weighted by Gasteiger charge is 2.41. The second kappa shape index (κ2) is 14.1. The third-order valence-electron chi connectivity index (χ3n) is 4.86. The molecule has 0 aliphatic carbocycles. The van der Waals surface area contributed by atoms with Gasteiger partial charge in [-0.15, -0.1) is 22.9 Å². The standard InChI is InChI=1S/C24H37ClNO8PS2/c1-6-32-35(28,33-7-2)18-26(23(27)34-24(3,4)5)37(29,30)22-16-19-12-13-20(17-21(19)36-22)31-15-11-9-8-10-14-25/h12-13,16-17H,6-11,14-15,18H2,1-5H3. The predicted octanol–water partition coefficient (Wildman–Crippen LogP) is 7.23. The molecule has 0 saturated heterocycles. The largest absolute Gasteiger partial charge is 0.494 e. The normalized spacial score (nSPS) is 12.6. The first-order valence-corrected chi connectivity index (χ1v) is 16.7. The first-order valence-electron chi connectivity index (χ1n) is 12.2. The van der Waals surface area contributed by atoms with E-state index in [1.54, 1.807) is 52.8 Å². The third-order valence-corrected chi connectivity index (χ3v) is 10.5. The Kier molecular flexibility index (Phi) is 12.2. The van der Waals surface area contributed by atoms with Crippen LogP contribution in [0, 0.1) is 0 Å². The summed E-state index contributed by atoms with van der Waals surface area (Å²) in [5.74, 6) is 1.28. The molecule has 0 bridgehead atoms. The minimum atomic E-state index is -4.45. The van der Waals surface area contributed by atoms with Crippen LogP contribution in [-0.4, -0.2) is 56.4 Å². The number of amides is 1. The van der Waals surface area contributed by atoms with Crippen molar-refractivity contribution in [1.82, 2.24) is 4.31 Å². The number of thiophene rings is 1. The van der Waals surface area contributed by atoms with Crippen molar-refractivity contribution in [3.8, 4) is 5.75 Å². The molecule has 1 heterocycles. The first kappa shape index (κ1) is 31.9. The Morgan fingerprint density at radius 3 is 2.30 bits per heavy atom. The number of unbranched alkanes of at least 4 members (excludes halogenated alkanes) is 3. The van der Waals surface area contributed by atoms with Crippen LogP contribution in [0.3, 0.4) is 0 Å². The molecule has 0 fully saturated rings. The zero-order chi connectivity index (χ0) is 27.7. The fourth-order valence-electron chi connectivity index (χ4n) is 3.27. The van der Waals surface area contributed by atoms with Crippen LogP contribution < -0.4 is 4.74 Å². The van der Waals surface area contributed by atoms with Crippen molar-refractivity contribution in [1.29, 1.82) is 0 Å². The molecule has 0 N–H and O–H groups in total. The van der Waals surface area contributed by atoms with Gasteiger partial charge in [0.25, 0.3) is 10.0 Å². The summed E-state index contributed by atoms with van der Waals surface area (Å²) in [6.45, 7) is 8.60. The smallest absolute Gasteiger partial charge is 0.424 e. The van der Waals surface area contributed by atoms with Crippen molar-refractivity contribution in [2.24, 2.45) is 0 Å². The maximum absolute atomic E-state index is 13.7. The van der Waals surface area contributed by atoms with E-state index in [-0.39, 0.29) is 17.4 Å². The number of rotatable bonds is 15. The van der Waals surface area contributed by atoms with Crippen molar-refractivity contribution in [3.63, 3.8) is 0 Å². The molecule has 1 amide bonds. The monoisotopic (exact) mass is 597 g/mol. The molecule has 0 aliphatic rings. The molecule has 210 valence electrons. The van der Waals surface area contributed by atoms with Gasteiger partial charge in [0, 0.05) is 10.6 Å². The molecule has 0 unspecified atom stereocenters. The number of sulfonamides is 1. The van der Waals surface area contributed by atoms with Crippen molar-refractivity contribution in [2.45, 2.75) is 70.1 Å². The van der Waals surface area contributed by atoms with Gasteiger partial charge in [-0.1, -0.05) is 12.8 Å². The average Bonchev–Trinajstić information content (AvgIpc) is 3.23. The number of ether oxygens (including phenoxy) is 2. The lowest BCUT2D eigenvalue weighted by molar-refractivity contribution is 0.0399. The maximum Gasteiger partial charge on any atom is 0.424 e. The second-order valence-corrected chi connectivity index (χ2v) is 14.7. The molecule has 2 rings (SSSR count). The van der Waals surface area contributed by atoms with E-state index in [1.165, 1.54) is 6.07 Å². The molecule has 0 saturated carbocycles. The van der Waals surface area contributed by atoms with Crippen LogP contribution in [0.15, 0.2) is 28.5 Å². The molecular weight excluding hydrogens is 561 g/mol. The minimum Gasteiger partial charge on any atom is -0.494 e. The topological polar surface area (TPSA) is 108 Å². The van der Waals surface area contributed by atoms with Crippen molar-refractivity contribution in [3.05, 3.63) is 24.3 Å². The van der Waals surface area contributed by atoms with Gasteiger partial charge in [-0.05, 0) is 77.1 Å². The zero-order valence-electron chi connectivity index (χ0n) is 22.0. The lowest BCUT2D eigenvalue weighted by Gasteiger charge is -2.28. The van der Waals surface area contributed by atoms with E-state index in [9.17, 15) is 17.8 Å². The number of hydrogen-bond donors (Lipinski definition) is 0. The van der Waals surface area contributed by atoms with Crippen molar-refractivity contribution >= 4 is 56.7 Å². The van der Waals surface area contributed by atoms with Gasteiger partial charge in [-0.25, -0.2) is 4.79 Å². The fourth-order valence-corrected chi connectivity index (χ4v) is 8.45. The van der Waals surface area contributed by atoms with Crippen LogP contribution in [0.5, 0.6) is 5.75 Å². The van der Waals surface area contributed by atoms with Crippen LogP contribution in [0.2, 0.25) is 0 Å². The molecular formula is C24H37ClNO8PS2. The highest BCUT2D eigenvalue weighted by atomic mass is 35.5. The Bertz CT molecular complexity index is 1170. The summed E-state index contributed by atoms with van der Waals surface area (Å²) in [4.78, 5) is 13.0. The van der Waals surface area contributed by atoms with Crippen molar-refractivity contribution < 1.29 is 36.3 Å². The van der Waals surface area contributed by atoms with Gasteiger partial charge in [-0.3, -0.25) is 4.57 Å². The lowest BCUT2D eigenvalue weighted by Crippen LogP contribution is -2.41. The highest BCUT2D eigenvalue weighted by molar-refractivity contribution is 7.92. The molecule has 1 aromatic heterocycles. The molecule has 9 nitrogen and oxygen atoms in total. The quantitative estimate of drug-likeness (QED) is 0.120. The molecule has 2 aromatic rings. The summed E-state index contributed by atoms with van der Waals surface area (Å²) >= 11 is 6.68. The van der Waals surface area contributed by atoms with Gasteiger partial charge in [0.05, 0.1) is 19.8 Å². The van der Waals surface area contributed by atoms with Crippen LogP contribution in [0.25, 0.3) is 10.1 Å². The van der Waals surface area contributed by atoms with Gasteiger partial charge >= 0.3 is 13.7 Å². The molecule has 13 heteroatoms. The molecule has 0 aliphatic heterocycles. The number of nitrogens with zero attached hydrogens (tertiary/aromatic N) is 1. The Balaban J connectivity index is 2.34. The SMILES string of the molecule is CCOP(=O)(CN(C(=O)OC(C)(C)C)S(=O)(=O)c1cc2ccc(OCCCCCCCl)cc2s1)OCC. The Morgan fingerprint density at radius 2 is 1.70 bits per heavy atom.